The Balaban J connectivity index is 2.00. The molecule has 1 aliphatic heterocycles. The summed E-state index contributed by atoms with van der Waals surface area (Å²) in [6, 6.07) is 5.32. The number of hydrogen-bond donors (Lipinski definition) is 1. The highest BCUT2D eigenvalue weighted by molar-refractivity contribution is 5.73. The number of halogens is 2. The molecule has 2 atom stereocenters. The molecule has 0 fully saturated rings. The second-order valence-electron chi connectivity index (χ2n) is 7.43. The Labute approximate surface area is 175 Å². The lowest BCUT2D eigenvalue weighted by molar-refractivity contribution is -0.0788. The van der Waals surface area contributed by atoms with E-state index in [4.69, 9.17) is 19.9 Å². The van der Waals surface area contributed by atoms with E-state index in [0.717, 1.165) is 23.1 Å². The maximum atomic E-state index is 14.7. The Kier molecular flexibility index (Phi) is 6.87. The fourth-order valence-electron chi connectivity index (χ4n) is 3.21. The van der Waals surface area contributed by atoms with E-state index in [1.54, 1.807) is 24.5 Å². The van der Waals surface area contributed by atoms with Crippen LogP contribution in [0.25, 0.3) is 11.1 Å². The number of rotatable bonds is 8. The molecule has 30 heavy (non-hydrogen) atoms. The van der Waals surface area contributed by atoms with Gasteiger partial charge >= 0.3 is 5.92 Å². The van der Waals surface area contributed by atoms with Crippen LogP contribution in [-0.4, -0.2) is 42.9 Å². The number of alkyl halides is 2. The molecule has 1 aromatic carbocycles. The molecule has 2 unspecified atom stereocenters. The van der Waals surface area contributed by atoms with Crippen LogP contribution in [0.5, 0.6) is 5.75 Å². The number of aromatic nitrogens is 1. The molecule has 0 amide bonds. The summed E-state index contributed by atoms with van der Waals surface area (Å²) < 4.78 is 45.7. The van der Waals surface area contributed by atoms with Gasteiger partial charge in [-0.25, -0.2) is 13.8 Å². The van der Waals surface area contributed by atoms with E-state index in [0.29, 0.717) is 19.0 Å². The second kappa shape index (κ2) is 9.38. The van der Waals surface area contributed by atoms with Crippen molar-refractivity contribution in [2.24, 2.45) is 10.7 Å². The predicted octanol–water partition coefficient (Wildman–Crippen LogP) is 4.27. The third-order valence-corrected chi connectivity index (χ3v) is 4.61. The molecule has 2 heterocycles. The molecule has 1 aromatic heterocycles. The van der Waals surface area contributed by atoms with Crippen LogP contribution in [0.2, 0.25) is 0 Å². The van der Waals surface area contributed by atoms with Gasteiger partial charge in [0, 0.05) is 30.1 Å². The van der Waals surface area contributed by atoms with E-state index in [-0.39, 0.29) is 17.7 Å². The number of amidine groups is 1. The molecule has 8 heteroatoms. The molecule has 0 saturated carbocycles. The lowest BCUT2D eigenvalue weighted by atomic mass is 9.95. The summed E-state index contributed by atoms with van der Waals surface area (Å²) in [5.74, 6) is -2.91. The Bertz CT molecular complexity index is 905. The number of ether oxygens (including phenoxy) is 3. The first kappa shape index (κ1) is 22.0. The second-order valence-corrected chi connectivity index (χ2v) is 7.43. The summed E-state index contributed by atoms with van der Waals surface area (Å²) in [6.07, 6.45) is 3.99. The van der Waals surface area contributed by atoms with Crippen LogP contribution in [0.1, 0.15) is 37.4 Å². The first-order valence-electron chi connectivity index (χ1n) is 9.94. The van der Waals surface area contributed by atoms with Crippen LogP contribution in [0.15, 0.2) is 41.7 Å². The van der Waals surface area contributed by atoms with E-state index in [1.807, 2.05) is 32.9 Å². The van der Waals surface area contributed by atoms with E-state index in [9.17, 15) is 8.78 Å². The Hall–Kier alpha value is -2.74. The number of nitrogens with zero attached hydrogens (tertiary/aromatic N) is 2. The molecule has 6 nitrogen and oxygen atoms in total. The molecular formula is C22H27F2N3O3. The van der Waals surface area contributed by atoms with E-state index >= 15 is 0 Å². The summed E-state index contributed by atoms with van der Waals surface area (Å²) in [4.78, 5) is 8.09. The van der Waals surface area contributed by atoms with Gasteiger partial charge in [-0.3, -0.25) is 4.98 Å². The molecule has 3 rings (SSSR count). The lowest BCUT2D eigenvalue weighted by Gasteiger charge is -2.30. The van der Waals surface area contributed by atoms with Crippen molar-refractivity contribution < 1.29 is 23.0 Å². The lowest BCUT2D eigenvalue weighted by Crippen LogP contribution is -2.39. The third-order valence-electron chi connectivity index (χ3n) is 4.61. The van der Waals surface area contributed by atoms with Crippen LogP contribution in [0.3, 0.4) is 0 Å². The van der Waals surface area contributed by atoms with E-state index in [2.05, 4.69) is 9.98 Å². The smallest absolute Gasteiger partial charge is 0.307 e. The highest BCUT2D eigenvalue weighted by Gasteiger charge is 2.46. The van der Waals surface area contributed by atoms with Gasteiger partial charge < -0.3 is 19.9 Å². The Morgan fingerprint density at radius 1 is 1.27 bits per heavy atom. The Morgan fingerprint density at radius 3 is 2.80 bits per heavy atom. The number of pyridine rings is 1. The van der Waals surface area contributed by atoms with Gasteiger partial charge in [0.05, 0.1) is 6.61 Å². The number of nitrogens with two attached hydrogens (primary N) is 1. The minimum absolute atomic E-state index is 0.243. The number of aliphatic imine (C=N–C) groups is 1. The molecule has 1 aliphatic rings. The third kappa shape index (κ3) is 5.24. The highest BCUT2D eigenvalue weighted by Crippen LogP contribution is 2.43. The van der Waals surface area contributed by atoms with Crippen molar-refractivity contribution in [2.45, 2.75) is 45.3 Å². The normalized spacial score (nSPS) is 19.0. The molecule has 0 bridgehead atoms. The first-order chi connectivity index (χ1) is 14.3. The van der Waals surface area contributed by atoms with Gasteiger partial charge in [0.25, 0.3) is 6.02 Å². The summed E-state index contributed by atoms with van der Waals surface area (Å²) in [5.41, 5.74) is 8.37. The van der Waals surface area contributed by atoms with Gasteiger partial charge in [0.15, 0.2) is 12.6 Å². The van der Waals surface area contributed by atoms with E-state index in [1.165, 1.54) is 0 Å². The number of benzene rings is 1. The molecule has 0 spiro atoms. The largest absolute Gasteiger partial charge is 0.488 e. The van der Waals surface area contributed by atoms with Crippen molar-refractivity contribution in [1.29, 1.82) is 0 Å². The number of hydrogen-bond acceptors (Lipinski definition) is 6. The van der Waals surface area contributed by atoms with Gasteiger partial charge in [0.2, 0.25) is 0 Å². The van der Waals surface area contributed by atoms with Gasteiger partial charge in [0.1, 0.15) is 11.9 Å². The van der Waals surface area contributed by atoms with Gasteiger partial charge in [-0.1, -0.05) is 13.0 Å². The quantitative estimate of drug-likeness (QED) is 0.647. The summed E-state index contributed by atoms with van der Waals surface area (Å²) >= 11 is 0. The minimum Gasteiger partial charge on any atom is -0.488 e. The van der Waals surface area contributed by atoms with Crippen LogP contribution >= 0.6 is 0 Å². The maximum Gasteiger partial charge on any atom is 0.307 e. The SMILES string of the molecule is CCCOCC(C)Oc1ccc(-c2cncc(C)c2)cc1C1N=C(N)OCC1(F)F. The summed E-state index contributed by atoms with van der Waals surface area (Å²) in [7, 11) is 0. The monoisotopic (exact) mass is 419 g/mol. The first-order valence-corrected chi connectivity index (χ1v) is 9.94. The fourth-order valence-corrected chi connectivity index (χ4v) is 3.21. The zero-order valence-electron chi connectivity index (χ0n) is 17.4. The molecule has 0 aliphatic carbocycles. The van der Waals surface area contributed by atoms with Crippen LogP contribution in [0, 0.1) is 6.92 Å². The average Bonchev–Trinajstić information content (AvgIpc) is 2.70. The minimum atomic E-state index is -3.23. The van der Waals surface area contributed by atoms with Crippen molar-refractivity contribution in [2.75, 3.05) is 19.8 Å². The van der Waals surface area contributed by atoms with Crippen molar-refractivity contribution in [3.63, 3.8) is 0 Å². The van der Waals surface area contributed by atoms with Crippen LogP contribution in [-0.2, 0) is 9.47 Å². The summed E-state index contributed by atoms with van der Waals surface area (Å²) in [6.45, 7) is 5.89. The van der Waals surface area contributed by atoms with Gasteiger partial charge in [-0.05, 0) is 49.6 Å². The highest BCUT2D eigenvalue weighted by atomic mass is 19.3. The molecule has 0 radical (unpaired) electrons. The zero-order valence-corrected chi connectivity index (χ0v) is 17.4. The average molecular weight is 419 g/mol. The number of aryl methyl sites for hydroxylation is 1. The van der Waals surface area contributed by atoms with E-state index < -0.39 is 18.6 Å². The molecule has 162 valence electrons. The van der Waals surface area contributed by atoms with Crippen molar-refractivity contribution in [3.05, 3.63) is 47.8 Å². The standard InChI is InChI=1S/C22H27F2N3O3/c1-4-7-28-12-15(3)30-19-6-5-16(17-8-14(2)10-26-11-17)9-18(19)20-22(23,24)13-29-21(25)27-20/h5-6,8-11,15,20H,4,7,12-13H2,1-3H3,(H2,25,27). The van der Waals surface area contributed by atoms with Crippen molar-refractivity contribution >= 4 is 6.02 Å². The molecule has 2 aromatic rings. The molecular weight excluding hydrogens is 392 g/mol. The van der Waals surface area contributed by atoms with Crippen LogP contribution in [0.4, 0.5) is 8.78 Å². The van der Waals surface area contributed by atoms with Gasteiger partial charge in [-0.2, -0.15) is 0 Å². The van der Waals surface area contributed by atoms with Crippen molar-refractivity contribution in [1.82, 2.24) is 4.98 Å². The zero-order chi connectivity index (χ0) is 21.7. The molecule has 0 saturated heterocycles. The fraction of sp³-hybridized carbons (Fsp3) is 0.455. The van der Waals surface area contributed by atoms with Crippen LogP contribution < -0.4 is 10.5 Å². The van der Waals surface area contributed by atoms with Crippen molar-refractivity contribution in [3.8, 4) is 16.9 Å². The predicted molar refractivity (Wildman–Crippen MR) is 111 cm³/mol. The maximum absolute atomic E-state index is 14.7. The summed E-state index contributed by atoms with van der Waals surface area (Å²) in [5, 5.41) is 0. The molecule has 2 N–H and O–H groups in total. The van der Waals surface area contributed by atoms with Gasteiger partial charge in [-0.15, -0.1) is 0 Å². The Morgan fingerprint density at radius 2 is 2.07 bits per heavy atom. The topological polar surface area (TPSA) is 79.0 Å².